The van der Waals surface area contributed by atoms with Crippen LogP contribution >= 0.6 is 11.6 Å². The Labute approximate surface area is 115 Å². The number of rotatable bonds is 4. The summed E-state index contributed by atoms with van der Waals surface area (Å²) in [7, 11) is 1.67. The molecule has 1 heterocycles. The number of hydrogen-bond acceptors (Lipinski definition) is 2. The van der Waals surface area contributed by atoms with Crippen LogP contribution in [0.5, 0.6) is 0 Å². The molecule has 0 aliphatic rings. The summed E-state index contributed by atoms with van der Waals surface area (Å²) in [5.74, 6) is -0.574. The van der Waals surface area contributed by atoms with Crippen molar-refractivity contribution in [3.05, 3.63) is 52.6 Å². The minimum Gasteiger partial charge on any atom is -0.334 e. The highest BCUT2D eigenvalue weighted by molar-refractivity contribution is 6.30. The number of nitrogens with one attached hydrogen (secondary N) is 1. The van der Waals surface area contributed by atoms with Crippen LogP contribution in [-0.2, 0) is 6.54 Å². The monoisotopic (exact) mass is 285 g/mol. The van der Waals surface area contributed by atoms with Gasteiger partial charge in [-0.25, -0.2) is 13.8 Å². The van der Waals surface area contributed by atoms with Gasteiger partial charge in [-0.15, -0.1) is 0 Å². The molecule has 1 N–H and O–H groups in total. The Balaban J connectivity index is 2.51. The summed E-state index contributed by atoms with van der Waals surface area (Å²) in [6.07, 6.45) is 3.43. The Hall–Kier alpha value is -1.46. The fourth-order valence-corrected chi connectivity index (χ4v) is 2.18. The molecule has 0 radical (unpaired) electrons. The molecule has 0 aliphatic carbocycles. The molecule has 2 aromatic rings. The second-order valence-electron chi connectivity index (χ2n) is 4.08. The molecule has 0 amide bonds. The fourth-order valence-electron chi connectivity index (χ4n) is 2.03. The van der Waals surface area contributed by atoms with Crippen LogP contribution < -0.4 is 5.32 Å². The third kappa shape index (κ3) is 2.62. The van der Waals surface area contributed by atoms with Crippen LogP contribution in [0.25, 0.3) is 0 Å². The first-order chi connectivity index (χ1) is 9.08. The molecule has 0 saturated heterocycles. The van der Waals surface area contributed by atoms with E-state index in [9.17, 15) is 8.78 Å². The van der Waals surface area contributed by atoms with E-state index in [0.717, 1.165) is 12.1 Å². The van der Waals surface area contributed by atoms with E-state index in [1.807, 2.05) is 11.5 Å². The predicted octanol–water partition coefficient (Wildman–Crippen LogP) is 3.14. The van der Waals surface area contributed by atoms with Crippen molar-refractivity contribution in [2.75, 3.05) is 7.05 Å². The highest BCUT2D eigenvalue weighted by atomic mass is 35.5. The maximum atomic E-state index is 14.0. The molecule has 1 unspecified atom stereocenters. The normalized spacial score (nSPS) is 12.7. The van der Waals surface area contributed by atoms with E-state index < -0.39 is 17.7 Å². The Morgan fingerprint density at radius 1 is 1.37 bits per heavy atom. The lowest BCUT2D eigenvalue weighted by molar-refractivity contribution is 0.532. The molecule has 1 aromatic carbocycles. The quantitative estimate of drug-likeness (QED) is 0.875. The van der Waals surface area contributed by atoms with Crippen LogP contribution in [0.2, 0.25) is 5.02 Å². The van der Waals surface area contributed by atoms with Crippen LogP contribution in [0, 0.1) is 11.6 Å². The van der Waals surface area contributed by atoms with Crippen molar-refractivity contribution >= 4 is 11.6 Å². The topological polar surface area (TPSA) is 29.9 Å². The second kappa shape index (κ2) is 5.67. The first kappa shape index (κ1) is 14.0. The van der Waals surface area contributed by atoms with Gasteiger partial charge >= 0.3 is 0 Å². The Bertz CT molecular complexity index is 583. The summed E-state index contributed by atoms with van der Waals surface area (Å²) in [6, 6.07) is 1.56. The van der Waals surface area contributed by atoms with Gasteiger partial charge in [-0.3, -0.25) is 0 Å². The average molecular weight is 286 g/mol. The first-order valence-corrected chi connectivity index (χ1v) is 6.29. The van der Waals surface area contributed by atoms with Gasteiger partial charge in [0.05, 0.1) is 11.1 Å². The molecule has 2 rings (SSSR count). The van der Waals surface area contributed by atoms with Crippen molar-refractivity contribution < 1.29 is 8.78 Å². The number of halogens is 3. The molecule has 0 bridgehead atoms. The largest absolute Gasteiger partial charge is 0.334 e. The van der Waals surface area contributed by atoms with Gasteiger partial charge in [0.1, 0.15) is 17.5 Å². The van der Waals surface area contributed by atoms with Gasteiger partial charge < -0.3 is 9.88 Å². The number of nitrogens with zero attached hydrogens (tertiary/aromatic N) is 2. The van der Waals surface area contributed by atoms with Crippen LogP contribution in [0.15, 0.2) is 24.5 Å². The van der Waals surface area contributed by atoms with Crippen molar-refractivity contribution in [2.45, 2.75) is 19.5 Å². The number of imidazole rings is 1. The molecule has 19 heavy (non-hydrogen) atoms. The third-order valence-corrected chi connectivity index (χ3v) is 3.28. The highest BCUT2D eigenvalue weighted by Crippen LogP contribution is 2.27. The standard InChI is InChI=1S/C13H14ClF2N3/c1-3-19-5-4-18-13(19)12(17-2)8-6-11(16)9(14)7-10(8)15/h4-7,12,17H,3H2,1-2H3. The van der Waals surface area contributed by atoms with Gasteiger partial charge in [0.2, 0.25) is 0 Å². The molecule has 6 heteroatoms. The molecular formula is C13H14ClF2N3. The smallest absolute Gasteiger partial charge is 0.142 e. The Kier molecular flexibility index (Phi) is 4.17. The van der Waals surface area contributed by atoms with E-state index in [2.05, 4.69) is 10.3 Å². The van der Waals surface area contributed by atoms with Crippen molar-refractivity contribution in [3.63, 3.8) is 0 Å². The lowest BCUT2D eigenvalue weighted by Crippen LogP contribution is -2.23. The first-order valence-electron chi connectivity index (χ1n) is 5.91. The van der Waals surface area contributed by atoms with E-state index >= 15 is 0 Å². The molecule has 1 atom stereocenters. The molecule has 0 spiro atoms. The summed E-state index contributed by atoms with van der Waals surface area (Å²) < 4.78 is 29.4. The number of aryl methyl sites for hydroxylation is 1. The summed E-state index contributed by atoms with van der Waals surface area (Å²) >= 11 is 5.56. The predicted molar refractivity (Wildman–Crippen MR) is 70.2 cm³/mol. The maximum Gasteiger partial charge on any atom is 0.142 e. The van der Waals surface area contributed by atoms with E-state index in [4.69, 9.17) is 11.6 Å². The number of aromatic nitrogens is 2. The maximum absolute atomic E-state index is 14.0. The molecule has 1 aromatic heterocycles. The second-order valence-corrected chi connectivity index (χ2v) is 4.49. The SMILES string of the molecule is CCn1ccnc1C(NC)c1cc(F)c(Cl)cc1F. The molecule has 102 valence electrons. The lowest BCUT2D eigenvalue weighted by Gasteiger charge is -2.18. The van der Waals surface area contributed by atoms with E-state index in [-0.39, 0.29) is 10.6 Å². The highest BCUT2D eigenvalue weighted by Gasteiger charge is 2.22. The number of benzene rings is 1. The van der Waals surface area contributed by atoms with Gasteiger partial charge in [0, 0.05) is 24.5 Å². The van der Waals surface area contributed by atoms with Crippen LogP contribution in [0.4, 0.5) is 8.78 Å². The van der Waals surface area contributed by atoms with E-state index in [1.165, 1.54) is 0 Å². The van der Waals surface area contributed by atoms with Crippen molar-refractivity contribution in [1.82, 2.24) is 14.9 Å². The van der Waals surface area contributed by atoms with Gasteiger partial charge in [-0.05, 0) is 26.1 Å². The zero-order chi connectivity index (χ0) is 14.0. The minimum absolute atomic E-state index is 0.185. The summed E-state index contributed by atoms with van der Waals surface area (Å²) in [6.45, 7) is 2.65. The van der Waals surface area contributed by atoms with Crippen LogP contribution in [0.3, 0.4) is 0 Å². The Morgan fingerprint density at radius 2 is 2.11 bits per heavy atom. The van der Waals surface area contributed by atoms with Gasteiger partial charge in [0.15, 0.2) is 0 Å². The van der Waals surface area contributed by atoms with E-state index in [0.29, 0.717) is 12.4 Å². The fraction of sp³-hybridized carbons (Fsp3) is 0.308. The van der Waals surface area contributed by atoms with Crippen LogP contribution in [0.1, 0.15) is 24.4 Å². The molecule has 3 nitrogen and oxygen atoms in total. The zero-order valence-corrected chi connectivity index (χ0v) is 11.4. The van der Waals surface area contributed by atoms with Gasteiger partial charge in [-0.2, -0.15) is 0 Å². The van der Waals surface area contributed by atoms with Crippen molar-refractivity contribution in [3.8, 4) is 0 Å². The molecular weight excluding hydrogens is 272 g/mol. The molecule has 0 saturated carbocycles. The number of hydrogen-bond donors (Lipinski definition) is 1. The van der Waals surface area contributed by atoms with Gasteiger partial charge in [-0.1, -0.05) is 11.6 Å². The summed E-state index contributed by atoms with van der Waals surface area (Å²) in [4.78, 5) is 4.21. The van der Waals surface area contributed by atoms with Crippen molar-refractivity contribution in [1.29, 1.82) is 0 Å². The summed E-state index contributed by atoms with van der Waals surface area (Å²) in [5.41, 5.74) is 0.185. The van der Waals surface area contributed by atoms with E-state index in [1.54, 1.807) is 19.4 Å². The van der Waals surface area contributed by atoms with Crippen molar-refractivity contribution in [2.24, 2.45) is 0 Å². The zero-order valence-electron chi connectivity index (χ0n) is 10.6. The minimum atomic E-state index is -0.645. The third-order valence-electron chi connectivity index (χ3n) is 2.99. The van der Waals surface area contributed by atoms with Gasteiger partial charge in [0.25, 0.3) is 0 Å². The average Bonchev–Trinajstić information content (AvgIpc) is 2.84. The van der Waals surface area contributed by atoms with Crippen LogP contribution in [-0.4, -0.2) is 16.6 Å². The Morgan fingerprint density at radius 3 is 2.74 bits per heavy atom. The lowest BCUT2D eigenvalue weighted by atomic mass is 10.1. The molecule has 0 fully saturated rings. The summed E-state index contributed by atoms with van der Waals surface area (Å²) in [5, 5.41) is 2.72. The molecule has 0 aliphatic heterocycles.